The molecule has 1 aromatic carbocycles. The summed E-state index contributed by atoms with van der Waals surface area (Å²) >= 11 is 0. The molecule has 0 bridgehead atoms. The van der Waals surface area contributed by atoms with Gasteiger partial charge in [0.2, 0.25) is 11.8 Å². The maximum atomic E-state index is 12.4. The van der Waals surface area contributed by atoms with Crippen LogP contribution in [-0.4, -0.2) is 56.1 Å². The van der Waals surface area contributed by atoms with Gasteiger partial charge in [-0.15, -0.1) is 0 Å². The molecular weight excluding hydrogens is 296 g/mol. The van der Waals surface area contributed by atoms with Gasteiger partial charge in [-0.05, 0) is 5.56 Å². The van der Waals surface area contributed by atoms with Crippen LogP contribution in [0.5, 0.6) is 0 Å². The summed E-state index contributed by atoms with van der Waals surface area (Å²) in [5.41, 5.74) is 0.817. The number of carbonyl (C=O) groups is 3. The smallest absolute Gasteiger partial charge is 0.331 e. The van der Waals surface area contributed by atoms with Gasteiger partial charge in [-0.1, -0.05) is 30.3 Å². The molecule has 0 radical (unpaired) electrons. The summed E-state index contributed by atoms with van der Waals surface area (Å²) < 4.78 is 0. The van der Waals surface area contributed by atoms with Crippen molar-refractivity contribution in [1.82, 2.24) is 10.2 Å². The molecule has 1 aromatic rings. The number of urea groups is 1. The average Bonchev–Trinajstić information content (AvgIpc) is 2.51. The lowest BCUT2D eigenvalue weighted by atomic mass is 10.1. The highest BCUT2D eigenvalue weighted by molar-refractivity contribution is 6.23. The summed E-state index contributed by atoms with van der Waals surface area (Å²) in [5.74, 6) is -2.21. The Hall–Kier alpha value is -2.54. The number of carbonyl (C=O) groups excluding carboxylic acids is 3. The van der Waals surface area contributed by atoms with E-state index in [0.717, 1.165) is 17.0 Å². The number of likely N-dealkylation sites (N-methyl/N-ethyl adjacent to an activating group) is 1. The number of nitrogens with one attached hydrogen (secondary N) is 2. The summed E-state index contributed by atoms with van der Waals surface area (Å²) in [4.78, 5) is 42.6. The highest BCUT2D eigenvalue weighted by Crippen LogP contribution is 2.13. The summed E-state index contributed by atoms with van der Waals surface area (Å²) in [7, 11) is 3.99. The molecule has 0 saturated carbocycles. The van der Waals surface area contributed by atoms with Crippen molar-refractivity contribution in [2.45, 2.75) is 6.54 Å². The number of benzene rings is 1. The largest absolute Gasteiger partial charge is 0.338 e. The van der Waals surface area contributed by atoms with Gasteiger partial charge < -0.3 is 4.90 Å². The number of barbiturate groups is 1. The quantitative estimate of drug-likeness (QED) is 0.527. The maximum absolute atomic E-state index is 12.4. The van der Waals surface area contributed by atoms with E-state index in [1.54, 1.807) is 0 Å². The van der Waals surface area contributed by atoms with Gasteiger partial charge in [-0.25, -0.2) is 4.79 Å². The highest BCUT2D eigenvalue weighted by atomic mass is 16.2. The SMILES string of the molecule is C[NH+](C)CCN=CC1C(=O)NC(=O)N(Cc2ccccc2)C1=O. The van der Waals surface area contributed by atoms with Crippen molar-refractivity contribution >= 4 is 24.1 Å². The second-order valence-corrected chi connectivity index (χ2v) is 5.69. The van der Waals surface area contributed by atoms with Gasteiger partial charge in [0.05, 0.1) is 33.7 Å². The lowest BCUT2D eigenvalue weighted by Crippen LogP contribution is -3.06. The predicted octanol–water partition coefficient (Wildman–Crippen LogP) is -0.903. The summed E-state index contributed by atoms with van der Waals surface area (Å²) in [6.07, 6.45) is 1.34. The zero-order chi connectivity index (χ0) is 16.8. The number of hydrogen-bond donors (Lipinski definition) is 2. The molecule has 1 aliphatic heterocycles. The van der Waals surface area contributed by atoms with E-state index < -0.39 is 23.8 Å². The molecule has 7 heteroatoms. The fraction of sp³-hybridized carbons (Fsp3) is 0.375. The first-order valence-electron chi connectivity index (χ1n) is 7.48. The maximum Gasteiger partial charge on any atom is 0.331 e. The Balaban J connectivity index is 2.07. The van der Waals surface area contributed by atoms with E-state index in [4.69, 9.17) is 0 Å². The molecular formula is C16H21N4O3+. The average molecular weight is 317 g/mol. The summed E-state index contributed by atoms with van der Waals surface area (Å²) in [5, 5.41) is 2.21. The highest BCUT2D eigenvalue weighted by Gasteiger charge is 2.39. The predicted molar refractivity (Wildman–Crippen MR) is 85.1 cm³/mol. The van der Waals surface area contributed by atoms with Crippen LogP contribution in [0.15, 0.2) is 35.3 Å². The number of rotatable bonds is 6. The van der Waals surface area contributed by atoms with Crippen LogP contribution in [-0.2, 0) is 16.1 Å². The van der Waals surface area contributed by atoms with Crippen LogP contribution in [0.4, 0.5) is 4.79 Å². The van der Waals surface area contributed by atoms with Gasteiger partial charge in [-0.2, -0.15) is 0 Å². The number of nitrogens with zero attached hydrogens (tertiary/aromatic N) is 2. The number of imide groups is 2. The third-order valence-electron chi connectivity index (χ3n) is 3.47. The lowest BCUT2D eigenvalue weighted by molar-refractivity contribution is -0.856. The van der Waals surface area contributed by atoms with Crippen molar-refractivity contribution in [1.29, 1.82) is 0 Å². The first-order chi connectivity index (χ1) is 11.0. The van der Waals surface area contributed by atoms with Crippen molar-refractivity contribution in [2.75, 3.05) is 27.2 Å². The molecule has 1 fully saturated rings. The summed E-state index contributed by atoms with van der Waals surface area (Å²) in [6.45, 7) is 1.45. The lowest BCUT2D eigenvalue weighted by Gasteiger charge is -2.28. The zero-order valence-corrected chi connectivity index (χ0v) is 13.3. The Labute approximate surface area is 135 Å². The van der Waals surface area contributed by atoms with Gasteiger partial charge in [0.1, 0.15) is 0 Å². The fourth-order valence-electron chi connectivity index (χ4n) is 2.15. The van der Waals surface area contributed by atoms with Gasteiger partial charge in [-0.3, -0.25) is 24.8 Å². The monoisotopic (exact) mass is 317 g/mol. The number of hydrogen-bond acceptors (Lipinski definition) is 4. The number of amides is 4. The second kappa shape index (κ2) is 7.64. The van der Waals surface area contributed by atoms with Crippen LogP contribution in [0.1, 0.15) is 5.56 Å². The normalized spacial score (nSPS) is 18.8. The third-order valence-corrected chi connectivity index (χ3v) is 3.47. The molecule has 0 spiro atoms. The van der Waals surface area contributed by atoms with E-state index in [0.29, 0.717) is 6.54 Å². The van der Waals surface area contributed by atoms with E-state index >= 15 is 0 Å². The third kappa shape index (κ3) is 4.46. The molecule has 1 atom stereocenters. The van der Waals surface area contributed by atoms with Crippen LogP contribution < -0.4 is 10.2 Å². The van der Waals surface area contributed by atoms with Gasteiger partial charge in [0.25, 0.3) is 0 Å². The van der Waals surface area contributed by atoms with Crippen molar-refractivity contribution in [3.63, 3.8) is 0 Å². The second-order valence-electron chi connectivity index (χ2n) is 5.69. The van der Waals surface area contributed by atoms with E-state index in [1.807, 2.05) is 44.4 Å². The molecule has 7 nitrogen and oxygen atoms in total. The van der Waals surface area contributed by atoms with E-state index in [2.05, 4.69) is 10.3 Å². The van der Waals surface area contributed by atoms with Crippen LogP contribution in [0.25, 0.3) is 0 Å². The van der Waals surface area contributed by atoms with Gasteiger partial charge in [0, 0.05) is 6.21 Å². The molecule has 2 rings (SSSR count). The van der Waals surface area contributed by atoms with E-state index in [9.17, 15) is 14.4 Å². The zero-order valence-electron chi connectivity index (χ0n) is 13.3. The van der Waals surface area contributed by atoms with Crippen molar-refractivity contribution in [3.8, 4) is 0 Å². The standard InChI is InChI=1S/C16H20N4O3/c1-19(2)9-8-17-10-13-14(21)18-16(23)20(15(13)22)11-12-6-4-3-5-7-12/h3-7,10,13H,8-9,11H2,1-2H3,(H,18,21,23)/p+1. The number of quaternary nitrogens is 1. The minimum absolute atomic E-state index is 0.130. The molecule has 1 aliphatic rings. The van der Waals surface area contributed by atoms with Gasteiger partial charge in [0.15, 0.2) is 5.92 Å². The first kappa shape index (κ1) is 16.8. The minimum atomic E-state index is -1.05. The summed E-state index contributed by atoms with van der Waals surface area (Å²) in [6, 6.07) is 8.46. The molecule has 0 aliphatic carbocycles. The molecule has 1 unspecified atom stereocenters. The van der Waals surface area contributed by atoms with Gasteiger partial charge >= 0.3 is 6.03 Å². The molecule has 4 amide bonds. The Morgan fingerprint density at radius 1 is 1.22 bits per heavy atom. The van der Waals surface area contributed by atoms with Crippen molar-refractivity contribution in [2.24, 2.45) is 10.9 Å². The molecule has 1 saturated heterocycles. The first-order valence-corrected chi connectivity index (χ1v) is 7.48. The Bertz CT molecular complexity index is 613. The van der Waals surface area contributed by atoms with Crippen LogP contribution >= 0.6 is 0 Å². The number of aliphatic imine (C=N–C) groups is 1. The topological polar surface area (TPSA) is 83.3 Å². The Morgan fingerprint density at radius 3 is 2.57 bits per heavy atom. The molecule has 23 heavy (non-hydrogen) atoms. The Kier molecular flexibility index (Phi) is 5.59. The van der Waals surface area contributed by atoms with Crippen LogP contribution in [0, 0.1) is 5.92 Å². The Morgan fingerprint density at radius 2 is 1.91 bits per heavy atom. The fourth-order valence-corrected chi connectivity index (χ4v) is 2.15. The van der Waals surface area contributed by atoms with Crippen molar-refractivity contribution in [3.05, 3.63) is 35.9 Å². The van der Waals surface area contributed by atoms with Crippen molar-refractivity contribution < 1.29 is 19.3 Å². The van der Waals surface area contributed by atoms with Crippen LogP contribution in [0.3, 0.4) is 0 Å². The minimum Gasteiger partial charge on any atom is -0.338 e. The van der Waals surface area contributed by atoms with Crippen LogP contribution in [0.2, 0.25) is 0 Å². The molecule has 1 heterocycles. The molecule has 122 valence electrons. The molecule has 0 aromatic heterocycles. The van der Waals surface area contributed by atoms with E-state index in [1.165, 1.54) is 11.1 Å². The molecule has 2 N–H and O–H groups in total. The van der Waals surface area contributed by atoms with E-state index in [-0.39, 0.29) is 6.54 Å².